The molecule has 28 heteroatoms. The Morgan fingerprint density at radius 2 is 0.543 bits per heavy atom. The van der Waals surface area contributed by atoms with Crippen molar-refractivity contribution in [1.82, 2.24) is 0 Å². The fourth-order valence-corrected chi connectivity index (χ4v) is 8.36. The number of allylic oxidation sites excluding steroid dienone is 2. The molecule has 94 heavy (non-hydrogen) atoms. The van der Waals surface area contributed by atoms with Gasteiger partial charge in [-0.1, -0.05) is 162 Å². The summed E-state index contributed by atoms with van der Waals surface area (Å²) in [7, 11) is 0. The monoisotopic (exact) mass is 1380 g/mol. The van der Waals surface area contributed by atoms with E-state index in [1.54, 1.807) is 109 Å². The summed E-state index contributed by atoms with van der Waals surface area (Å²) in [5.74, 6) is -0.555. The maximum Gasteiger partial charge on any atom is 0.327 e. The Morgan fingerprint density at radius 3 is 0.755 bits per heavy atom. The zero-order valence-electron chi connectivity index (χ0n) is 54.4. The number of nitrogens with one attached hydrogen (secondary N) is 4. The van der Waals surface area contributed by atoms with E-state index in [0.717, 1.165) is 99.8 Å². The maximum absolute atomic E-state index is 10.1. The van der Waals surface area contributed by atoms with E-state index in [1.165, 1.54) is 76.4 Å². The summed E-state index contributed by atoms with van der Waals surface area (Å²) >= 11 is 23.4. The summed E-state index contributed by atoms with van der Waals surface area (Å²) in [6.07, 6.45) is 30.2. The number of unbranched alkanes of at least 4 members (excludes halogenated alkanes) is 18. The summed E-state index contributed by atoms with van der Waals surface area (Å²) in [6, 6.07) is 28.3. The molecule has 4 aromatic rings. The molecule has 0 aliphatic carbocycles. The largest absolute Gasteiger partial charge is 0.478 e. The van der Waals surface area contributed by atoms with Crippen LogP contribution in [0.25, 0.3) is 0 Å². The zero-order chi connectivity index (χ0) is 69.4. The number of carbonyl (C=O) groups is 2. The fourth-order valence-electron chi connectivity index (χ4n) is 7.85. The number of anilines is 4. The molecule has 0 saturated heterocycles. The molecule has 0 fully saturated rings. The number of hydrogen-bond acceptors (Lipinski definition) is 6. The van der Waals surface area contributed by atoms with Crippen molar-refractivity contribution in [3.8, 4) is 0 Å². The Hall–Kier alpha value is -8.58. The topological polar surface area (TPSA) is 430 Å². The molecule has 22 N–H and O–H groups in total. The van der Waals surface area contributed by atoms with Crippen LogP contribution in [0.5, 0.6) is 0 Å². The second kappa shape index (κ2) is 54.9. The van der Waals surface area contributed by atoms with Crippen LogP contribution >= 0.6 is 46.4 Å². The van der Waals surface area contributed by atoms with Gasteiger partial charge in [-0.3, -0.25) is 20.0 Å². The molecular formula is C66H100Cl4N20O4. The normalized spacial score (nSPS) is 12.5. The highest BCUT2D eigenvalue weighted by molar-refractivity contribution is 6.31. The van der Waals surface area contributed by atoms with E-state index in [-0.39, 0.29) is 47.7 Å². The lowest BCUT2D eigenvalue weighted by Crippen LogP contribution is -2.26. The number of aliphatic carboxylic acids is 2. The van der Waals surface area contributed by atoms with Gasteiger partial charge in [-0.05, 0) is 148 Å². The number of nitrogens with two attached hydrogens (primary N) is 8. The number of carboxylic acid groups (broad SMARTS) is 2. The van der Waals surface area contributed by atoms with Crippen LogP contribution in [0.4, 0.5) is 22.7 Å². The minimum Gasteiger partial charge on any atom is -0.478 e. The quantitative estimate of drug-likeness (QED) is 0.00894. The number of hydrogen-bond donors (Lipinski definition) is 14. The van der Waals surface area contributed by atoms with Crippen molar-refractivity contribution in [2.45, 2.75) is 155 Å². The first kappa shape index (κ1) is 83.4. The molecule has 24 nitrogen and oxygen atoms in total. The van der Waals surface area contributed by atoms with E-state index in [1.807, 2.05) is 0 Å². The van der Waals surface area contributed by atoms with Crippen LogP contribution in [0, 0.1) is 0 Å². The van der Waals surface area contributed by atoms with E-state index in [9.17, 15) is 9.59 Å². The SMILES string of the molecule is CCCCCCCCC=CC(=O)O.CCCCCCCCC=CC(=O)O.NC(=NCCCCCCN=C(N)N=C(N)Nc1ccc(Cl)cc1)N=C(N)Nc1ccc(Cl)cc1.NC(=NCCCCCCN=C(N)N=C(N)Nc1ccc(Cl)cc1)N=C(N)Nc1ccc(Cl)cc1. The molecule has 4 rings (SSSR count). The van der Waals surface area contributed by atoms with Gasteiger partial charge in [0.1, 0.15) is 0 Å². The Kier molecular flexibility index (Phi) is 48.8. The van der Waals surface area contributed by atoms with Gasteiger partial charge in [0.25, 0.3) is 0 Å². The molecule has 4 aromatic carbocycles. The highest BCUT2D eigenvalue weighted by atomic mass is 35.5. The van der Waals surface area contributed by atoms with Crippen LogP contribution in [-0.4, -0.2) is 96.0 Å². The van der Waals surface area contributed by atoms with E-state index < -0.39 is 11.9 Å². The minimum absolute atomic E-state index is 0.124. The van der Waals surface area contributed by atoms with E-state index in [0.29, 0.717) is 46.3 Å². The average molecular weight is 1380 g/mol. The summed E-state index contributed by atoms with van der Waals surface area (Å²) in [6.45, 7) is 6.65. The van der Waals surface area contributed by atoms with Crippen molar-refractivity contribution < 1.29 is 19.8 Å². The molecule has 0 spiro atoms. The maximum atomic E-state index is 10.1. The van der Waals surface area contributed by atoms with Crippen molar-refractivity contribution in [2.75, 3.05) is 47.4 Å². The zero-order valence-corrected chi connectivity index (χ0v) is 57.4. The van der Waals surface area contributed by atoms with Crippen LogP contribution < -0.4 is 67.1 Å². The van der Waals surface area contributed by atoms with E-state index in [4.69, 9.17) is 102 Å². The highest BCUT2D eigenvalue weighted by Crippen LogP contribution is 2.17. The smallest absolute Gasteiger partial charge is 0.327 e. The molecule has 0 aromatic heterocycles. The lowest BCUT2D eigenvalue weighted by Gasteiger charge is -2.05. The Morgan fingerprint density at radius 1 is 0.340 bits per heavy atom. The highest BCUT2D eigenvalue weighted by Gasteiger charge is 2.03. The molecule has 0 aliphatic heterocycles. The molecule has 0 atom stereocenters. The first-order valence-corrected chi connectivity index (χ1v) is 33.1. The van der Waals surface area contributed by atoms with E-state index in [2.05, 4.69) is 75.1 Å². The molecule has 0 bridgehead atoms. The molecule has 0 amide bonds. The standard InChI is InChI=1S/2C22H30Cl2N10.2C11H20O2/c2*23-15-5-9-17(10-6-15)31-21(27)33-19(25)29-13-3-1-2-4-14-30-20(26)34-22(28)32-18-11-7-16(24)8-12-18;2*1-2-3-4-5-6-7-8-9-10-11(12)13/h2*5-12H,1-4,13-14H2,(H5,25,27,29,31,33)(H5,26,28,30,32,34);2*9-10H,2-8H2,1H3,(H,12,13). The minimum atomic E-state index is -0.842. The molecular weight excluding hydrogens is 1280 g/mol. The van der Waals surface area contributed by atoms with Gasteiger partial charge >= 0.3 is 11.9 Å². The van der Waals surface area contributed by atoms with Crippen molar-refractivity contribution in [3.05, 3.63) is 141 Å². The number of guanidine groups is 8. The first-order chi connectivity index (χ1) is 45.2. The van der Waals surface area contributed by atoms with Crippen molar-refractivity contribution in [2.24, 2.45) is 85.8 Å². The predicted molar refractivity (Wildman–Crippen MR) is 399 cm³/mol. The lowest BCUT2D eigenvalue weighted by atomic mass is 10.1. The van der Waals surface area contributed by atoms with Crippen LogP contribution in [0.15, 0.2) is 161 Å². The van der Waals surface area contributed by atoms with Crippen LogP contribution in [0.2, 0.25) is 20.1 Å². The van der Waals surface area contributed by atoms with Gasteiger partial charge in [0.05, 0.1) is 0 Å². The Bertz CT molecular complexity index is 2660. The number of aliphatic imine (C=N–C) groups is 8. The predicted octanol–water partition coefficient (Wildman–Crippen LogP) is 13.4. The Balaban J connectivity index is 0.000000688. The summed E-state index contributed by atoms with van der Waals surface area (Å²) < 4.78 is 0. The summed E-state index contributed by atoms with van der Waals surface area (Å²) in [4.78, 5) is 53.1. The third kappa shape index (κ3) is 51.0. The molecule has 0 saturated carbocycles. The summed E-state index contributed by atoms with van der Waals surface area (Å²) in [5.41, 5.74) is 49.5. The molecule has 0 heterocycles. The van der Waals surface area contributed by atoms with Gasteiger partial charge in [-0.2, -0.15) is 20.0 Å². The van der Waals surface area contributed by atoms with Crippen molar-refractivity contribution >= 4 is 129 Å². The molecule has 0 radical (unpaired) electrons. The third-order valence-electron chi connectivity index (χ3n) is 12.6. The van der Waals surface area contributed by atoms with Gasteiger partial charge in [-0.15, -0.1) is 0 Å². The van der Waals surface area contributed by atoms with Crippen LogP contribution in [0.3, 0.4) is 0 Å². The second-order valence-electron chi connectivity index (χ2n) is 20.9. The van der Waals surface area contributed by atoms with Gasteiger partial charge in [-0.25, -0.2) is 9.59 Å². The van der Waals surface area contributed by atoms with Crippen molar-refractivity contribution in [1.29, 1.82) is 0 Å². The lowest BCUT2D eigenvalue weighted by molar-refractivity contribution is -0.132. The third-order valence-corrected chi connectivity index (χ3v) is 13.6. The fraction of sp³-hybridized carbons (Fsp3) is 0.424. The van der Waals surface area contributed by atoms with Gasteiger partial charge in [0.2, 0.25) is 47.7 Å². The first-order valence-electron chi connectivity index (χ1n) is 31.6. The number of halogens is 4. The average Bonchev–Trinajstić information content (AvgIpc) is 1.97. The van der Waals surface area contributed by atoms with Gasteiger partial charge < -0.3 is 77.3 Å². The van der Waals surface area contributed by atoms with E-state index >= 15 is 0 Å². The number of benzene rings is 4. The van der Waals surface area contributed by atoms with Crippen LogP contribution in [-0.2, 0) is 9.59 Å². The molecule has 516 valence electrons. The number of nitrogens with zero attached hydrogens (tertiary/aromatic N) is 8. The van der Waals surface area contributed by atoms with Gasteiger partial charge in [0, 0.05) is 81.2 Å². The number of rotatable bonds is 34. The molecule has 0 unspecified atom stereocenters. The molecule has 0 aliphatic rings. The van der Waals surface area contributed by atoms with Gasteiger partial charge in [0.15, 0.2) is 0 Å². The van der Waals surface area contributed by atoms with Crippen LogP contribution in [0.1, 0.15) is 155 Å². The Labute approximate surface area is 575 Å². The van der Waals surface area contributed by atoms with Crippen molar-refractivity contribution in [3.63, 3.8) is 0 Å². The summed E-state index contributed by atoms with van der Waals surface area (Å²) in [5, 5.41) is 30.8. The second-order valence-corrected chi connectivity index (χ2v) is 22.6. The number of carboxylic acids is 2.